The summed E-state index contributed by atoms with van der Waals surface area (Å²) in [7, 11) is 1.86. The van der Waals surface area contributed by atoms with Gasteiger partial charge in [-0.2, -0.15) is 0 Å². The molecule has 0 aromatic heterocycles. The zero-order valence-corrected chi connectivity index (χ0v) is 18.2. The van der Waals surface area contributed by atoms with Gasteiger partial charge >= 0.3 is 0 Å². The maximum atomic E-state index is 13.1. The Morgan fingerprint density at radius 1 is 1.07 bits per heavy atom. The molecule has 0 bridgehead atoms. The Hall–Kier alpha value is -2.82. The summed E-state index contributed by atoms with van der Waals surface area (Å²) in [4.78, 5) is 27.7. The van der Waals surface area contributed by atoms with Crippen molar-refractivity contribution in [2.45, 2.75) is 64.5 Å². The Labute approximate surface area is 179 Å². The van der Waals surface area contributed by atoms with Gasteiger partial charge in [0.15, 0.2) is 6.10 Å². The van der Waals surface area contributed by atoms with Gasteiger partial charge in [0, 0.05) is 13.1 Å². The maximum absolute atomic E-state index is 13.1. The summed E-state index contributed by atoms with van der Waals surface area (Å²) in [5, 5.41) is 2.88. The van der Waals surface area contributed by atoms with Crippen molar-refractivity contribution in [3.63, 3.8) is 0 Å². The van der Waals surface area contributed by atoms with Crippen LogP contribution in [-0.4, -0.2) is 35.9 Å². The zero-order valence-electron chi connectivity index (χ0n) is 18.2. The van der Waals surface area contributed by atoms with Crippen molar-refractivity contribution in [1.29, 1.82) is 0 Å². The number of hydrogen-bond donors (Lipinski definition) is 1. The molecule has 5 heteroatoms. The average molecular weight is 409 g/mol. The van der Waals surface area contributed by atoms with E-state index in [2.05, 4.69) is 12.2 Å². The quantitative estimate of drug-likeness (QED) is 0.697. The van der Waals surface area contributed by atoms with Crippen LogP contribution in [-0.2, 0) is 11.2 Å². The Bertz CT molecular complexity index is 857. The molecule has 5 nitrogen and oxygen atoms in total. The molecule has 0 heterocycles. The fourth-order valence-electron chi connectivity index (χ4n) is 3.90. The second-order valence-electron chi connectivity index (χ2n) is 8.00. The minimum Gasteiger partial charge on any atom is -0.481 e. The summed E-state index contributed by atoms with van der Waals surface area (Å²) in [6.07, 6.45) is 5.91. The normalized spacial score (nSPS) is 15.3. The van der Waals surface area contributed by atoms with Crippen molar-refractivity contribution in [2.75, 3.05) is 12.4 Å². The first-order valence-electron chi connectivity index (χ1n) is 10.9. The lowest BCUT2D eigenvalue weighted by molar-refractivity contribution is -0.122. The average Bonchev–Trinajstić information content (AvgIpc) is 2.79. The van der Waals surface area contributed by atoms with Gasteiger partial charge in [-0.1, -0.05) is 50.5 Å². The summed E-state index contributed by atoms with van der Waals surface area (Å²) in [5.41, 5.74) is 2.25. The number of amides is 2. The van der Waals surface area contributed by atoms with Gasteiger partial charge in [0.1, 0.15) is 5.75 Å². The summed E-state index contributed by atoms with van der Waals surface area (Å²) < 4.78 is 5.78. The van der Waals surface area contributed by atoms with E-state index in [-0.39, 0.29) is 17.9 Å². The van der Waals surface area contributed by atoms with Gasteiger partial charge in [0.25, 0.3) is 11.8 Å². The molecule has 1 aliphatic carbocycles. The molecule has 3 rings (SSSR count). The minimum atomic E-state index is -0.684. The van der Waals surface area contributed by atoms with Crippen LogP contribution in [0.1, 0.15) is 61.9 Å². The van der Waals surface area contributed by atoms with Crippen LogP contribution in [0.25, 0.3) is 0 Å². The molecule has 1 fully saturated rings. The number of carbonyl (C=O) groups excluding carboxylic acids is 2. The van der Waals surface area contributed by atoms with Gasteiger partial charge in [-0.3, -0.25) is 9.59 Å². The number of carbonyl (C=O) groups is 2. The van der Waals surface area contributed by atoms with Gasteiger partial charge in [-0.15, -0.1) is 0 Å². The van der Waals surface area contributed by atoms with E-state index in [4.69, 9.17) is 4.74 Å². The number of aryl methyl sites for hydroxylation is 1. The number of para-hydroxylation sites is 1. The Kier molecular flexibility index (Phi) is 7.50. The minimum absolute atomic E-state index is 0.0541. The van der Waals surface area contributed by atoms with Gasteiger partial charge in [-0.05, 0) is 56.0 Å². The van der Waals surface area contributed by atoms with Crippen molar-refractivity contribution in [3.8, 4) is 5.75 Å². The fourth-order valence-corrected chi connectivity index (χ4v) is 3.90. The smallest absolute Gasteiger partial charge is 0.265 e. The largest absolute Gasteiger partial charge is 0.481 e. The van der Waals surface area contributed by atoms with Gasteiger partial charge in [-0.25, -0.2) is 0 Å². The molecule has 160 valence electrons. The highest BCUT2D eigenvalue weighted by Crippen LogP contribution is 2.25. The topological polar surface area (TPSA) is 58.6 Å². The third-order valence-electron chi connectivity index (χ3n) is 5.87. The predicted octanol–water partition coefficient (Wildman–Crippen LogP) is 5.06. The van der Waals surface area contributed by atoms with Crippen LogP contribution in [0.4, 0.5) is 5.69 Å². The van der Waals surface area contributed by atoms with Crippen molar-refractivity contribution in [3.05, 3.63) is 59.7 Å². The van der Waals surface area contributed by atoms with Gasteiger partial charge in [0.05, 0.1) is 11.3 Å². The molecule has 1 saturated carbocycles. The zero-order chi connectivity index (χ0) is 21.5. The number of anilines is 1. The number of hydrogen-bond acceptors (Lipinski definition) is 3. The van der Waals surface area contributed by atoms with Crippen LogP contribution >= 0.6 is 0 Å². The third kappa shape index (κ3) is 5.41. The molecule has 1 aliphatic rings. The molecule has 0 saturated heterocycles. The van der Waals surface area contributed by atoms with Crippen molar-refractivity contribution in [2.24, 2.45) is 0 Å². The SMILES string of the molecule is CCc1ccc(O[C@@H](C)C(=O)Nc2ccccc2C(=O)N(C)C2CCCCC2)cc1. The van der Waals surface area contributed by atoms with E-state index in [0.717, 1.165) is 32.1 Å². The monoisotopic (exact) mass is 408 g/mol. The van der Waals surface area contributed by atoms with Gasteiger partial charge < -0.3 is 15.0 Å². The molecular weight excluding hydrogens is 376 g/mol. The van der Waals surface area contributed by atoms with Crippen LogP contribution in [0.15, 0.2) is 48.5 Å². The van der Waals surface area contributed by atoms with E-state index >= 15 is 0 Å². The van der Waals surface area contributed by atoms with Crippen molar-refractivity contribution in [1.82, 2.24) is 4.90 Å². The fraction of sp³-hybridized carbons (Fsp3) is 0.440. The highest BCUT2D eigenvalue weighted by Gasteiger charge is 2.25. The van der Waals surface area contributed by atoms with E-state index in [9.17, 15) is 9.59 Å². The first-order valence-corrected chi connectivity index (χ1v) is 10.9. The lowest BCUT2D eigenvalue weighted by Gasteiger charge is -2.31. The van der Waals surface area contributed by atoms with Crippen LogP contribution < -0.4 is 10.1 Å². The van der Waals surface area contributed by atoms with E-state index in [0.29, 0.717) is 17.0 Å². The first-order chi connectivity index (χ1) is 14.5. The Morgan fingerprint density at radius 3 is 2.40 bits per heavy atom. The number of rotatable bonds is 7. The molecule has 0 unspecified atom stereocenters. The van der Waals surface area contributed by atoms with E-state index < -0.39 is 6.10 Å². The summed E-state index contributed by atoms with van der Waals surface area (Å²) in [5.74, 6) is 0.313. The third-order valence-corrected chi connectivity index (χ3v) is 5.87. The van der Waals surface area contributed by atoms with Crippen molar-refractivity contribution >= 4 is 17.5 Å². The molecule has 0 spiro atoms. The molecule has 0 radical (unpaired) electrons. The highest BCUT2D eigenvalue weighted by molar-refractivity contribution is 6.04. The number of ether oxygens (including phenoxy) is 1. The molecular formula is C25H32N2O3. The van der Waals surface area contributed by atoms with Crippen molar-refractivity contribution < 1.29 is 14.3 Å². The Morgan fingerprint density at radius 2 is 1.73 bits per heavy atom. The van der Waals surface area contributed by atoms with Crippen LogP contribution in [0.3, 0.4) is 0 Å². The maximum Gasteiger partial charge on any atom is 0.265 e. The standard InChI is InChI=1S/C25H32N2O3/c1-4-19-14-16-21(17-15-19)30-18(2)24(28)26-23-13-9-8-12-22(23)25(29)27(3)20-10-6-5-7-11-20/h8-9,12-18,20H,4-7,10-11H2,1-3H3,(H,26,28)/t18-/m0/s1. The van der Waals surface area contributed by atoms with E-state index in [1.807, 2.05) is 48.3 Å². The van der Waals surface area contributed by atoms with Crippen LogP contribution in [0.5, 0.6) is 5.75 Å². The van der Waals surface area contributed by atoms with E-state index in [1.165, 1.54) is 12.0 Å². The molecule has 0 aliphatic heterocycles. The second-order valence-corrected chi connectivity index (χ2v) is 8.00. The summed E-state index contributed by atoms with van der Waals surface area (Å²) in [6.45, 7) is 3.80. The second kappa shape index (κ2) is 10.3. The molecule has 2 amide bonds. The highest BCUT2D eigenvalue weighted by atomic mass is 16.5. The van der Waals surface area contributed by atoms with Crippen LogP contribution in [0.2, 0.25) is 0 Å². The molecule has 1 N–H and O–H groups in total. The predicted molar refractivity (Wildman–Crippen MR) is 120 cm³/mol. The van der Waals surface area contributed by atoms with E-state index in [1.54, 1.807) is 19.1 Å². The Balaban J connectivity index is 1.66. The molecule has 2 aromatic carbocycles. The number of nitrogens with one attached hydrogen (secondary N) is 1. The first kappa shape index (κ1) is 21.9. The molecule has 30 heavy (non-hydrogen) atoms. The number of nitrogens with zero attached hydrogens (tertiary/aromatic N) is 1. The lowest BCUT2D eigenvalue weighted by Crippen LogP contribution is -2.39. The number of benzene rings is 2. The van der Waals surface area contributed by atoms with Gasteiger partial charge in [0.2, 0.25) is 0 Å². The lowest BCUT2D eigenvalue weighted by atomic mass is 9.94. The van der Waals surface area contributed by atoms with Crippen LogP contribution in [0, 0.1) is 0 Å². The summed E-state index contributed by atoms with van der Waals surface area (Å²) >= 11 is 0. The molecule has 1 atom stereocenters. The summed E-state index contributed by atoms with van der Waals surface area (Å²) in [6, 6.07) is 15.2. The molecule has 2 aromatic rings.